The summed E-state index contributed by atoms with van der Waals surface area (Å²) < 4.78 is 34.4. The zero-order chi connectivity index (χ0) is 88.1. The molecule has 0 unspecified atom stereocenters. The molecular weight excluding hydrogens is 1570 g/mol. The number of esters is 6. The fourth-order valence-electron chi connectivity index (χ4n) is 14.7. The molecule has 0 saturated carbocycles. The summed E-state index contributed by atoms with van der Waals surface area (Å²) in [5, 5.41) is 18.0. The monoisotopic (exact) mass is 1700 g/mol. The van der Waals surface area contributed by atoms with Crippen molar-refractivity contribution in [3.8, 4) is 0 Å². The number of carbonyl (C=O) groups is 12. The second-order valence-corrected chi connectivity index (χ2v) is 32.1. The molecule has 0 spiro atoms. The molecule has 0 bridgehead atoms. The van der Waals surface area contributed by atoms with Crippen molar-refractivity contribution in [1.29, 1.82) is 0 Å². The van der Waals surface area contributed by atoms with Crippen LogP contribution in [0.3, 0.4) is 0 Å². The van der Waals surface area contributed by atoms with Gasteiger partial charge in [0.25, 0.3) is 23.6 Å². The first-order valence-corrected chi connectivity index (χ1v) is 44.9. The molecule has 6 aromatic rings. The number of amides is 4. The molecule has 2 N–H and O–H groups in total. The van der Waals surface area contributed by atoms with Crippen molar-refractivity contribution in [2.75, 3.05) is 0 Å². The lowest BCUT2D eigenvalue weighted by Crippen LogP contribution is -2.42. The van der Waals surface area contributed by atoms with Crippen molar-refractivity contribution in [2.45, 2.75) is 322 Å². The van der Waals surface area contributed by atoms with Crippen molar-refractivity contribution in [2.24, 2.45) is 10.8 Å². The first-order chi connectivity index (χ1) is 59.9. The number of nitrogens with zero attached hydrogens (tertiary/aromatic N) is 2. The summed E-state index contributed by atoms with van der Waals surface area (Å²) in [7, 11) is 0. The number of rotatable bonds is 61. The molecule has 668 valence electrons. The average molecular weight is 1700 g/mol. The van der Waals surface area contributed by atoms with Crippen LogP contribution in [0.25, 0.3) is 0 Å². The third kappa shape index (κ3) is 42.3. The van der Waals surface area contributed by atoms with Gasteiger partial charge in [-0.2, -0.15) is 5.06 Å². The summed E-state index contributed by atoms with van der Waals surface area (Å²) in [4.78, 5) is 152. The Morgan fingerprint density at radius 3 is 0.667 bits per heavy atom. The average Bonchev–Trinajstić information content (AvgIpc) is 1.48. The molecule has 2 fully saturated rings. The summed E-state index contributed by atoms with van der Waals surface area (Å²) >= 11 is 0. The Hall–Kier alpha value is -10.7. The fourth-order valence-corrected chi connectivity index (χ4v) is 14.7. The Bertz CT molecular complexity index is 3890. The maximum Gasteiger partial charge on any atom is 0.333 e. The highest BCUT2D eigenvalue weighted by atomic mass is 16.7. The first kappa shape index (κ1) is 101. The number of unbranched alkanes of at least 4 members (excludes halogenated alkanes) is 28. The minimum atomic E-state index is -1.42. The predicted octanol–water partition coefficient (Wildman–Crippen LogP) is 21.2. The molecule has 0 aliphatic carbocycles. The highest BCUT2D eigenvalue weighted by Gasteiger charge is 2.49. The van der Waals surface area contributed by atoms with Gasteiger partial charge in [-0.25, -0.2) is 4.79 Å². The minimum absolute atomic E-state index is 0.0738. The second-order valence-electron chi connectivity index (χ2n) is 32.1. The summed E-state index contributed by atoms with van der Waals surface area (Å²) in [6.45, 7) is 0.961. The van der Waals surface area contributed by atoms with Crippen LogP contribution in [0.4, 0.5) is 0 Å². The third-order valence-electron chi connectivity index (χ3n) is 22.1. The van der Waals surface area contributed by atoms with Crippen LogP contribution in [0.2, 0.25) is 0 Å². The summed E-state index contributed by atoms with van der Waals surface area (Å²) in [5.74, 6) is -5.68. The molecule has 2 saturated heterocycles. The summed E-state index contributed by atoms with van der Waals surface area (Å²) in [6, 6.07) is 57.4. The van der Waals surface area contributed by atoms with Crippen LogP contribution in [0.1, 0.15) is 316 Å². The van der Waals surface area contributed by atoms with Gasteiger partial charge >= 0.3 is 47.8 Å². The summed E-state index contributed by atoms with van der Waals surface area (Å²) in [6.07, 6.45) is 32.2. The number of carboxylic acids is 1. The highest BCUT2D eigenvalue weighted by Crippen LogP contribution is 2.39. The maximum absolute atomic E-state index is 14.1. The first-order valence-electron chi connectivity index (χ1n) is 44.9. The number of hydroxylamine groups is 4. The second kappa shape index (κ2) is 61.6. The number of hydrogen-bond acceptors (Lipinski definition) is 20. The molecule has 23 heteroatoms. The number of ether oxygens (including phenoxy) is 6. The minimum Gasteiger partial charge on any atom is -0.481 e. The van der Waals surface area contributed by atoms with Crippen molar-refractivity contribution >= 4 is 71.4 Å². The van der Waals surface area contributed by atoms with E-state index in [0.29, 0.717) is 95.3 Å². The van der Waals surface area contributed by atoms with Gasteiger partial charge in [-0.15, -0.1) is 5.06 Å². The standard InChI is InChI=1S/C50H65NO10.C46H62O8.C4H5NO3/c52-44-34-35-45(53)51(44)61-47(55)33-23-10-6-2-4-8-12-25-37-50(48(56)59-39-42-28-18-14-19-29-42,49(57)60-40-43-30-20-15-21-31-43)36-24-11-7-3-1-5-9-22-32-46(54)58-38-41-26-16-13-17-27-41;47-42(48)32-22-9-5-1-3-7-11-24-34-46(44(50)53-37-40-28-18-14-19-29-40,45(51)54-38-41-30-20-15-21-31-41)35-25-12-8-4-2-6-10-23-33-43(49)52-36-39-26-16-13-17-27-39;6-3-1-2-4(7)5(3)8/h13-21,26-31H,1-12,22-25,32-40H2;13-21,26-31H,1-12,22-25,32-38H2,(H,47,48);8H,1-2H2. The molecular formula is C100H132N2O21. The van der Waals surface area contributed by atoms with Crippen LogP contribution in [0, 0.1) is 10.8 Å². The van der Waals surface area contributed by atoms with Gasteiger partial charge in [-0.1, -0.05) is 362 Å². The third-order valence-corrected chi connectivity index (χ3v) is 22.1. The van der Waals surface area contributed by atoms with E-state index in [1.54, 1.807) is 0 Å². The molecule has 0 aromatic heterocycles. The molecule has 8 rings (SSSR count). The summed E-state index contributed by atoms with van der Waals surface area (Å²) in [5.41, 5.74) is 2.60. The Kier molecular flexibility index (Phi) is 50.6. The lowest BCUT2D eigenvalue weighted by molar-refractivity contribution is -0.197. The van der Waals surface area contributed by atoms with Crippen molar-refractivity contribution < 1.29 is 101 Å². The number of imide groups is 2. The van der Waals surface area contributed by atoms with Gasteiger partial charge in [-0.05, 0) is 84.7 Å². The highest BCUT2D eigenvalue weighted by molar-refractivity contribution is 6.02. The van der Waals surface area contributed by atoms with Crippen LogP contribution >= 0.6 is 0 Å². The zero-order valence-electron chi connectivity index (χ0n) is 72.2. The van der Waals surface area contributed by atoms with Gasteiger partial charge in [0.15, 0.2) is 10.8 Å². The number of carbonyl (C=O) groups excluding carboxylic acids is 11. The van der Waals surface area contributed by atoms with E-state index in [1.165, 1.54) is 0 Å². The van der Waals surface area contributed by atoms with E-state index >= 15 is 0 Å². The van der Waals surface area contributed by atoms with Gasteiger partial charge < -0.3 is 38.4 Å². The van der Waals surface area contributed by atoms with Crippen LogP contribution in [0.15, 0.2) is 182 Å². The van der Waals surface area contributed by atoms with E-state index < -0.39 is 70.3 Å². The van der Waals surface area contributed by atoms with E-state index in [-0.39, 0.29) is 82.0 Å². The Balaban J connectivity index is 0.000000350. The molecule has 2 aliphatic heterocycles. The smallest absolute Gasteiger partial charge is 0.333 e. The molecule has 2 heterocycles. The number of aliphatic carboxylic acids is 1. The molecule has 123 heavy (non-hydrogen) atoms. The van der Waals surface area contributed by atoms with Crippen LogP contribution in [-0.2, 0) is 130 Å². The fraction of sp³-hybridized carbons (Fsp3) is 0.520. The molecule has 23 nitrogen and oxygen atoms in total. The van der Waals surface area contributed by atoms with E-state index in [1.807, 2.05) is 182 Å². The molecule has 6 aromatic carbocycles. The maximum atomic E-state index is 14.1. The van der Waals surface area contributed by atoms with Gasteiger partial charge in [0, 0.05) is 51.4 Å². The molecule has 0 atom stereocenters. The van der Waals surface area contributed by atoms with Gasteiger partial charge in [-0.3, -0.25) is 57.9 Å². The van der Waals surface area contributed by atoms with Crippen molar-refractivity contribution in [3.05, 3.63) is 215 Å². The normalized spacial score (nSPS) is 12.5. The van der Waals surface area contributed by atoms with Crippen LogP contribution in [0.5, 0.6) is 0 Å². The Morgan fingerprint density at radius 2 is 0.447 bits per heavy atom. The van der Waals surface area contributed by atoms with Crippen molar-refractivity contribution in [1.82, 2.24) is 10.1 Å². The zero-order valence-corrected chi connectivity index (χ0v) is 72.2. The number of benzene rings is 6. The number of carboxylic acid groups (broad SMARTS) is 1. The Morgan fingerprint density at radius 1 is 0.252 bits per heavy atom. The predicted molar refractivity (Wildman–Crippen MR) is 465 cm³/mol. The molecule has 2 aliphatic rings. The van der Waals surface area contributed by atoms with E-state index in [2.05, 4.69) is 0 Å². The van der Waals surface area contributed by atoms with Crippen LogP contribution in [-0.4, -0.2) is 91.8 Å². The van der Waals surface area contributed by atoms with Crippen LogP contribution < -0.4 is 0 Å². The SMILES string of the molecule is O=C(CCCCCCCCCCC(CCCCCCCCCCC(=O)ON1C(=O)CCC1=O)(C(=O)OCc1ccccc1)C(=O)OCc1ccccc1)OCc1ccccc1.O=C(O)CCCCCCCCCCC(CCCCCCCCCCC(=O)OCc1ccccc1)(C(=O)OCc1ccccc1)C(=O)OCc1ccccc1.O=C1CCC(=O)N1O. The molecule has 4 amide bonds. The Labute approximate surface area is 727 Å². The number of hydrogen-bond donors (Lipinski definition) is 2. The quantitative estimate of drug-likeness (QED) is 0.00894. The van der Waals surface area contributed by atoms with Gasteiger partial charge in [0.1, 0.15) is 39.6 Å². The largest absolute Gasteiger partial charge is 0.481 e. The van der Waals surface area contributed by atoms with Gasteiger partial charge in [0.2, 0.25) is 0 Å². The van der Waals surface area contributed by atoms with E-state index in [0.717, 1.165) is 200 Å². The van der Waals surface area contributed by atoms with Crippen molar-refractivity contribution in [3.63, 3.8) is 0 Å². The van der Waals surface area contributed by atoms with E-state index in [4.69, 9.17) is 43.6 Å². The lowest BCUT2D eigenvalue weighted by Gasteiger charge is -2.30. The molecule has 0 radical (unpaired) electrons. The van der Waals surface area contributed by atoms with E-state index in [9.17, 15) is 57.5 Å². The topological polar surface area (TPSA) is 316 Å². The lowest BCUT2D eigenvalue weighted by atomic mass is 9.77. The van der Waals surface area contributed by atoms with Gasteiger partial charge in [0.05, 0.1) is 0 Å².